The molecule has 1 N–H and O–H groups in total. The van der Waals surface area contributed by atoms with Crippen molar-refractivity contribution >= 4 is 17.6 Å². The van der Waals surface area contributed by atoms with E-state index in [0.717, 1.165) is 11.3 Å². The predicted octanol–water partition coefficient (Wildman–Crippen LogP) is 3.18. The maximum absolute atomic E-state index is 12.9. The van der Waals surface area contributed by atoms with Gasteiger partial charge in [-0.15, -0.1) is 0 Å². The van der Waals surface area contributed by atoms with Crippen LogP contribution in [-0.4, -0.2) is 48.7 Å². The zero-order valence-electron chi connectivity index (χ0n) is 17.3. The van der Waals surface area contributed by atoms with Crippen LogP contribution in [0.5, 0.6) is 11.5 Å². The number of rotatable bonds is 5. The van der Waals surface area contributed by atoms with Gasteiger partial charge in [0.2, 0.25) is 5.91 Å². The molecule has 7 nitrogen and oxygen atoms in total. The third kappa shape index (κ3) is 4.35. The van der Waals surface area contributed by atoms with Crippen LogP contribution in [0.25, 0.3) is 0 Å². The third-order valence-electron chi connectivity index (χ3n) is 5.37. The van der Waals surface area contributed by atoms with Crippen molar-refractivity contribution in [3.05, 3.63) is 54.1 Å². The van der Waals surface area contributed by atoms with Crippen LogP contribution in [-0.2, 0) is 11.3 Å². The van der Waals surface area contributed by atoms with Crippen LogP contribution in [0.3, 0.4) is 0 Å². The van der Waals surface area contributed by atoms with Gasteiger partial charge in [-0.1, -0.05) is 30.3 Å². The lowest BCUT2D eigenvalue weighted by Crippen LogP contribution is -2.48. The van der Waals surface area contributed by atoms with Crippen LogP contribution >= 0.6 is 0 Å². The van der Waals surface area contributed by atoms with Gasteiger partial charge >= 0.3 is 6.03 Å². The monoisotopic (exact) mass is 409 g/mol. The Bertz CT molecular complexity index is 916. The first-order chi connectivity index (χ1) is 14.5. The molecule has 2 aliphatic heterocycles. The molecular formula is C23H27N3O4. The van der Waals surface area contributed by atoms with Gasteiger partial charge in [-0.25, -0.2) is 4.79 Å². The Balaban J connectivity index is 1.41. The van der Waals surface area contributed by atoms with Crippen molar-refractivity contribution in [2.75, 3.05) is 24.7 Å². The van der Waals surface area contributed by atoms with E-state index in [4.69, 9.17) is 9.47 Å². The number of fused-ring (bicyclic) bond motifs is 1. The Kier molecular flexibility index (Phi) is 5.79. The molecule has 0 aliphatic carbocycles. The molecular weight excluding hydrogens is 382 g/mol. The number of hydrogen-bond acceptors (Lipinski definition) is 4. The van der Waals surface area contributed by atoms with Crippen molar-refractivity contribution in [2.24, 2.45) is 0 Å². The quantitative estimate of drug-likeness (QED) is 0.823. The highest BCUT2D eigenvalue weighted by atomic mass is 16.6. The summed E-state index contributed by atoms with van der Waals surface area (Å²) in [5, 5.41) is 3.04. The number of nitrogens with one attached hydrogen (secondary N) is 1. The average Bonchev–Trinajstić information content (AvgIpc) is 3.12. The summed E-state index contributed by atoms with van der Waals surface area (Å²) in [6.07, 6.45) is 0.275. The summed E-state index contributed by atoms with van der Waals surface area (Å²) >= 11 is 0. The summed E-state index contributed by atoms with van der Waals surface area (Å²) in [6.45, 7) is 5.96. The molecule has 2 aromatic rings. The molecule has 1 unspecified atom stereocenters. The van der Waals surface area contributed by atoms with E-state index in [0.29, 0.717) is 37.8 Å². The van der Waals surface area contributed by atoms with Crippen molar-refractivity contribution in [1.82, 2.24) is 10.2 Å². The summed E-state index contributed by atoms with van der Waals surface area (Å²) in [6, 6.07) is 15.0. The lowest BCUT2D eigenvalue weighted by molar-refractivity contribution is -0.117. The molecule has 158 valence electrons. The highest BCUT2D eigenvalue weighted by Crippen LogP contribution is 2.35. The number of carbonyl (C=O) groups is 2. The van der Waals surface area contributed by atoms with Gasteiger partial charge in [-0.2, -0.15) is 0 Å². The van der Waals surface area contributed by atoms with Crippen LogP contribution in [0.2, 0.25) is 0 Å². The molecule has 30 heavy (non-hydrogen) atoms. The van der Waals surface area contributed by atoms with E-state index in [1.54, 1.807) is 9.80 Å². The van der Waals surface area contributed by atoms with Gasteiger partial charge in [0.25, 0.3) is 0 Å². The Labute approximate surface area is 176 Å². The molecule has 2 aliphatic rings. The molecule has 0 radical (unpaired) electrons. The van der Waals surface area contributed by atoms with Gasteiger partial charge in [0.05, 0.1) is 6.04 Å². The molecule has 1 atom stereocenters. The first-order valence-corrected chi connectivity index (χ1v) is 10.3. The highest BCUT2D eigenvalue weighted by Gasteiger charge is 2.33. The molecule has 0 spiro atoms. The number of ether oxygens (including phenoxy) is 2. The summed E-state index contributed by atoms with van der Waals surface area (Å²) in [5.41, 5.74) is 1.83. The number of hydrogen-bond donors (Lipinski definition) is 1. The molecule has 2 heterocycles. The molecule has 2 aromatic carbocycles. The molecule has 3 amide bonds. The number of urea groups is 1. The number of carbonyl (C=O) groups excluding carboxylic acids is 2. The predicted molar refractivity (Wildman–Crippen MR) is 114 cm³/mol. The molecule has 1 saturated heterocycles. The number of amides is 3. The second-order valence-electron chi connectivity index (χ2n) is 7.89. The number of anilines is 1. The minimum absolute atomic E-state index is 0.0175. The standard InChI is InChI=1S/C23H27N3O4/c1-16(2)25(14-17-6-4-3-5-7-17)23(28)24-18-12-22(27)26(15-18)19-8-9-20-21(13-19)30-11-10-29-20/h3-9,13,16,18H,10-12,14-15H2,1-2H3,(H,24,28). The molecule has 0 bridgehead atoms. The normalized spacial score (nSPS) is 17.9. The molecule has 7 heteroatoms. The van der Waals surface area contributed by atoms with Gasteiger partial charge in [0.1, 0.15) is 13.2 Å². The van der Waals surface area contributed by atoms with Gasteiger partial charge in [-0.3, -0.25) is 4.79 Å². The van der Waals surface area contributed by atoms with Crippen LogP contribution in [0.15, 0.2) is 48.5 Å². The zero-order valence-corrected chi connectivity index (χ0v) is 17.3. The fourth-order valence-corrected chi connectivity index (χ4v) is 3.78. The molecule has 0 saturated carbocycles. The van der Waals surface area contributed by atoms with E-state index < -0.39 is 0 Å². The van der Waals surface area contributed by atoms with Crippen molar-refractivity contribution in [2.45, 2.75) is 38.9 Å². The minimum Gasteiger partial charge on any atom is -0.486 e. The Morgan fingerprint density at radius 2 is 1.87 bits per heavy atom. The van der Waals surface area contributed by atoms with Crippen LogP contribution in [0, 0.1) is 0 Å². The fourth-order valence-electron chi connectivity index (χ4n) is 3.78. The topological polar surface area (TPSA) is 71.1 Å². The Hall–Kier alpha value is -3.22. The molecule has 1 fully saturated rings. The van der Waals surface area contributed by atoms with E-state index in [1.165, 1.54) is 0 Å². The van der Waals surface area contributed by atoms with Gasteiger partial charge in [-0.05, 0) is 31.5 Å². The van der Waals surface area contributed by atoms with Crippen molar-refractivity contribution < 1.29 is 19.1 Å². The molecule has 4 rings (SSSR count). The minimum atomic E-state index is -0.241. The Morgan fingerprint density at radius 3 is 2.60 bits per heavy atom. The fraction of sp³-hybridized carbons (Fsp3) is 0.391. The second-order valence-corrected chi connectivity index (χ2v) is 7.89. The van der Waals surface area contributed by atoms with Crippen LogP contribution in [0.1, 0.15) is 25.8 Å². The van der Waals surface area contributed by atoms with Crippen LogP contribution in [0.4, 0.5) is 10.5 Å². The first kappa shape index (κ1) is 20.1. The van der Waals surface area contributed by atoms with Crippen LogP contribution < -0.4 is 19.7 Å². The first-order valence-electron chi connectivity index (χ1n) is 10.3. The lowest BCUT2D eigenvalue weighted by atomic mass is 10.2. The summed E-state index contributed by atoms with van der Waals surface area (Å²) in [7, 11) is 0. The third-order valence-corrected chi connectivity index (χ3v) is 5.37. The maximum Gasteiger partial charge on any atom is 0.318 e. The van der Waals surface area contributed by atoms with Gasteiger partial charge in [0, 0.05) is 37.3 Å². The van der Waals surface area contributed by atoms with E-state index in [1.807, 2.05) is 62.4 Å². The van der Waals surface area contributed by atoms with E-state index in [-0.39, 0.29) is 30.4 Å². The molecule has 0 aromatic heterocycles. The van der Waals surface area contributed by atoms with Gasteiger partial charge < -0.3 is 24.6 Å². The van der Waals surface area contributed by atoms with Crippen molar-refractivity contribution in [3.8, 4) is 11.5 Å². The maximum atomic E-state index is 12.9. The van der Waals surface area contributed by atoms with E-state index in [9.17, 15) is 9.59 Å². The van der Waals surface area contributed by atoms with E-state index >= 15 is 0 Å². The lowest BCUT2D eigenvalue weighted by Gasteiger charge is -2.28. The SMILES string of the molecule is CC(C)N(Cc1ccccc1)C(=O)NC1CC(=O)N(c2ccc3c(c2)OCCO3)C1. The number of nitrogens with zero attached hydrogens (tertiary/aromatic N) is 2. The smallest absolute Gasteiger partial charge is 0.318 e. The highest BCUT2D eigenvalue weighted by molar-refractivity contribution is 5.97. The summed E-state index contributed by atoms with van der Waals surface area (Å²) < 4.78 is 11.2. The zero-order chi connectivity index (χ0) is 21.1. The van der Waals surface area contributed by atoms with Crippen molar-refractivity contribution in [3.63, 3.8) is 0 Å². The summed E-state index contributed by atoms with van der Waals surface area (Å²) in [4.78, 5) is 29.0. The second kappa shape index (κ2) is 8.65. The largest absolute Gasteiger partial charge is 0.486 e. The Morgan fingerprint density at radius 1 is 1.13 bits per heavy atom. The average molecular weight is 409 g/mol. The number of benzene rings is 2. The van der Waals surface area contributed by atoms with E-state index in [2.05, 4.69) is 5.32 Å². The van der Waals surface area contributed by atoms with Gasteiger partial charge in [0.15, 0.2) is 11.5 Å². The van der Waals surface area contributed by atoms with Crippen molar-refractivity contribution in [1.29, 1.82) is 0 Å². The summed E-state index contributed by atoms with van der Waals surface area (Å²) in [5.74, 6) is 1.32.